The Kier molecular flexibility index (Phi) is 5.29. The van der Waals surface area contributed by atoms with Gasteiger partial charge in [-0.05, 0) is 43.4 Å². The summed E-state index contributed by atoms with van der Waals surface area (Å²) in [7, 11) is 2.14. The molecule has 0 bridgehead atoms. The van der Waals surface area contributed by atoms with Gasteiger partial charge in [0.25, 0.3) is 5.91 Å². The van der Waals surface area contributed by atoms with E-state index in [0.29, 0.717) is 10.6 Å². The number of halogens is 2. The molecule has 2 aromatic rings. The maximum absolute atomic E-state index is 12.3. The van der Waals surface area contributed by atoms with Crippen molar-refractivity contribution in [1.29, 1.82) is 0 Å². The Balaban J connectivity index is 1.68. The topological polar surface area (TPSA) is 35.6 Å². The van der Waals surface area contributed by atoms with Crippen LogP contribution in [0.2, 0.25) is 10.0 Å². The van der Waals surface area contributed by atoms with Gasteiger partial charge in [0.2, 0.25) is 0 Å². The second kappa shape index (κ2) is 7.43. The SMILES string of the molecule is CN1CCN(c2ccc(NC(=O)c3cccc(Cl)c3Cl)cc2)CC1. The largest absolute Gasteiger partial charge is 0.369 e. The third-order valence-electron chi connectivity index (χ3n) is 4.19. The number of piperazine rings is 1. The van der Waals surface area contributed by atoms with Crippen LogP contribution in [0.15, 0.2) is 42.5 Å². The fourth-order valence-corrected chi connectivity index (χ4v) is 3.08. The van der Waals surface area contributed by atoms with Crippen LogP contribution in [0, 0.1) is 0 Å². The van der Waals surface area contributed by atoms with Crippen LogP contribution in [0.25, 0.3) is 0 Å². The summed E-state index contributed by atoms with van der Waals surface area (Å²) in [5, 5.41) is 3.49. The van der Waals surface area contributed by atoms with E-state index >= 15 is 0 Å². The zero-order chi connectivity index (χ0) is 17.1. The van der Waals surface area contributed by atoms with Gasteiger partial charge in [-0.2, -0.15) is 0 Å². The molecule has 0 aliphatic carbocycles. The van der Waals surface area contributed by atoms with E-state index in [0.717, 1.165) is 31.9 Å². The Hall–Kier alpha value is -1.75. The summed E-state index contributed by atoms with van der Waals surface area (Å²) >= 11 is 12.0. The van der Waals surface area contributed by atoms with Crippen LogP contribution < -0.4 is 10.2 Å². The van der Waals surface area contributed by atoms with E-state index < -0.39 is 0 Å². The molecule has 6 heteroatoms. The molecule has 4 nitrogen and oxygen atoms in total. The molecule has 0 radical (unpaired) electrons. The average Bonchev–Trinajstić information content (AvgIpc) is 2.59. The molecule has 24 heavy (non-hydrogen) atoms. The monoisotopic (exact) mass is 363 g/mol. The minimum atomic E-state index is -0.269. The Morgan fingerprint density at radius 3 is 2.33 bits per heavy atom. The minimum absolute atomic E-state index is 0.269. The maximum atomic E-state index is 12.3. The number of nitrogens with zero attached hydrogens (tertiary/aromatic N) is 2. The molecule has 0 aromatic heterocycles. The highest BCUT2D eigenvalue weighted by Crippen LogP contribution is 2.26. The number of hydrogen-bond acceptors (Lipinski definition) is 3. The van der Waals surface area contributed by atoms with Gasteiger partial charge >= 0.3 is 0 Å². The fourth-order valence-electron chi connectivity index (χ4n) is 2.70. The lowest BCUT2D eigenvalue weighted by atomic mass is 10.2. The molecule has 0 spiro atoms. The molecular formula is C18H19Cl2N3O. The van der Waals surface area contributed by atoms with Gasteiger partial charge in [-0.25, -0.2) is 0 Å². The lowest BCUT2D eigenvalue weighted by Gasteiger charge is -2.34. The Morgan fingerprint density at radius 2 is 1.67 bits per heavy atom. The van der Waals surface area contributed by atoms with Gasteiger partial charge in [0.15, 0.2) is 0 Å². The first-order valence-corrected chi connectivity index (χ1v) is 8.59. The Morgan fingerprint density at radius 1 is 1.00 bits per heavy atom. The number of anilines is 2. The highest BCUT2D eigenvalue weighted by atomic mass is 35.5. The zero-order valence-electron chi connectivity index (χ0n) is 13.4. The number of amides is 1. The van der Waals surface area contributed by atoms with Crippen LogP contribution in [0.5, 0.6) is 0 Å². The van der Waals surface area contributed by atoms with E-state index in [-0.39, 0.29) is 10.9 Å². The summed E-state index contributed by atoms with van der Waals surface area (Å²) in [6, 6.07) is 12.9. The van der Waals surface area contributed by atoms with Crippen LogP contribution in [-0.2, 0) is 0 Å². The van der Waals surface area contributed by atoms with Crippen LogP contribution in [0.1, 0.15) is 10.4 Å². The molecule has 3 rings (SSSR count). The lowest BCUT2D eigenvalue weighted by Crippen LogP contribution is -2.44. The van der Waals surface area contributed by atoms with Crippen molar-refractivity contribution < 1.29 is 4.79 Å². The molecule has 1 saturated heterocycles. The van der Waals surface area contributed by atoms with Crippen LogP contribution in [0.3, 0.4) is 0 Å². The number of likely N-dealkylation sites (N-methyl/N-ethyl adjacent to an activating group) is 1. The number of carbonyl (C=O) groups excluding carboxylic acids is 1. The van der Waals surface area contributed by atoms with Crippen molar-refractivity contribution in [2.75, 3.05) is 43.4 Å². The molecule has 1 aliphatic rings. The van der Waals surface area contributed by atoms with E-state index in [9.17, 15) is 4.79 Å². The van der Waals surface area contributed by atoms with Crippen molar-refractivity contribution >= 4 is 40.5 Å². The first-order valence-electron chi connectivity index (χ1n) is 7.83. The van der Waals surface area contributed by atoms with Gasteiger partial charge in [-0.1, -0.05) is 29.3 Å². The number of hydrogen-bond donors (Lipinski definition) is 1. The molecule has 1 amide bonds. The van der Waals surface area contributed by atoms with E-state index in [1.165, 1.54) is 5.69 Å². The molecule has 0 unspecified atom stereocenters. The predicted octanol–water partition coefficient (Wildman–Crippen LogP) is 4.00. The Labute approximate surface area is 152 Å². The zero-order valence-corrected chi connectivity index (χ0v) is 14.9. The van der Waals surface area contributed by atoms with Crippen molar-refractivity contribution in [3.05, 3.63) is 58.1 Å². The number of benzene rings is 2. The van der Waals surface area contributed by atoms with Crippen LogP contribution >= 0.6 is 23.2 Å². The van der Waals surface area contributed by atoms with Crippen molar-refractivity contribution in [2.45, 2.75) is 0 Å². The molecule has 1 fully saturated rings. The molecule has 1 N–H and O–H groups in total. The van der Waals surface area contributed by atoms with Crippen molar-refractivity contribution in [3.8, 4) is 0 Å². The normalized spacial score (nSPS) is 15.4. The average molecular weight is 364 g/mol. The molecule has 1 aliphatic heterocycles. The van der Waals surface area contributed by atoms with Gasteiger partial charge in [0.05, 0.1) is 15.6 Å². The van der Waals surface area contributed by atoms with Crippen LogP contribution in [0.4, 0.5) is 11.4 Å². The predicted molar refractivity (Wildman–Crippen MR) is 101 cm³/mol. The summed E-state index contributed by atoms with van der Waals surface area (Å²) < 4.78 is 0. The van der Waals surface area contributed by atoms with Crippen molar-refractivity contribution in [2.24, 2.45) is 0 Å². The lowest BCUT2D eigenvalue weighted by molar-refractivity contribution is 0.102. The molecule has 0 atom stereocenters. The Bertz CT molecular complexity index is 726. The van der Waals surface area contributed by atoms with Gasteiger partial charge in [0, 0.05) is 37.6 Å². The molecular weight excluding hydrogens is 345 g/mol. The first kappa shape index (κ1) is 17.1. The molecule has 1 heterocycles. The first-order chi connectivity index (χ1) is 11.5. The van der Waals surface area contributed by atoms with Crippen molar-refractivity contribution in [1.82, 2.24) is 4.90 Å². The smallest absolute Gasteiger partial charge is 0.257 e. The van der Waals surface area contributed by atoms with Crippen LogP contribution in [-0.4, -0.2) is 44.0 Å². The third-order valence-corrected chi connectivity index (χ3v) is 5.01. The second-order valence-electron chi connectivity index (χ2n) is 5.89. The minimum Gasteiger partial charge on any atom is -0.369 e. The quantitative estimate of drug-likeness (QED) is 0.894. The summed E-state index contributed by atoms with van der Waals surface area (Å²) in [5.41, 5.74) is 2.27. The van der Waals surface area contributed by atoms with Gasteiger partial charge in [-0.3, -0.25) is 4.79 Å². The molecule has 126 valence electrons. The highest BCUT2D eigenvalue weighted by molar-refractivity contribution is 6.44. The van der Waals surface area contributed by atoms with Gasteiger partial charge in [-0.15, -0.1) is 0 Å². The third kappa shape index (κ3) is 3.83. The fraction of sp³-hybridized carbons (Fsp3) is 0.278. The van der Waals surface area contributed by atoms with Crippen molar-refractivity contribution in [3.63, 3.8) is 0 Å². The van der Waals surface area contributed by atoms with Gasteiger partial charge < -0.3 is 15.1 Å². The summed E-state index contributed by atoms with van der Waals surface area (Å²) in [6.07, 6.45) is 0. The van der Waals surface area contributed by atoms with Gasteiger partial charge in [0.1, 0.15) is 0 Å². The van der Waals surface area contributed by atoms with E-state index in [1.807, 2.05) is 24.3 Å². The summed E-state index contributed by atoms with van der Waals surface area (Å²) in [6.45, 7) is 4.15. The number of nitrogens with one attached hydrogen (secondary N) is 1. The number of carbonyl (C=O) groups is 1. The highest BCUT2D eigenvalue weighted by Gasteiger charge is 2.15. The maximum Gasteiger partial charge on any atom is 0.257 e. The van der Waals surface area contributed by atoms with E-state index in [2.05, 4.69) is 22.2 Å². The number of rotatable bonds is 3. The second-order valence-corrected chi connectivity index (χ2v) is 6.68. The summed E-state index contributed by atoms with van der Waals surface area (Å²) in [5.74, 6) is -0.269. The molecule has 0 saturated carbocycles. The molecule has 2 aromatic carbocycles. The van der Waals surface area contributed by atoms with E-state index in [1.54, 1.807) is 18.2 Å². The van der Waals surface area contributed by atoms with E-state index in [4.69, 9.17) is 23.2 Å². The standard InChI is InChI=1S/C18H19Cl2N3O/c1-22-9-11-23(12-10-22)14-7-5-13(6-8-14)21-18(24)15-3-2-4-16(19)17(15)20/h2-8H,9-12H2,1H3,(H,21,24). The summed E-state index contributed by atoms with van der Waals surface area (Å²) in [4.78, 5) is 17.0.